The number of amides is 1. The second-order valence-corrected chi connectivity index (χ2v) is 6.34. The molecule has 0 saturated carbocycles. The van der Waals surface area contributed by atoms with Gasteiger partial charge in [0.05, 0.1) is 11.6 Å². The number of thiophene rings is 1. The van der Waals surface area contributed by atoms with Crippen LogP contribution in [0.5, 0.6) is 0 Å². The van der Waals surface area contributed by atoms with Gasteiger partial charge in [-0.05, 0) is 19.9 Å². The number of hydrogen-bond acceptors (Lipinski definition) is 5. The van der Waals surface area contributed by atoms with Gasteiger partial charge in [-0.1, -0.05) is 0 Å². The van der Waals surface area contributed by atoms with E-state index in [1.165, 1.54) is 16.2 Å². The summed E-state index contributed by atoms with van der Waals surface area (Å²) < 4.78 is 0. The number of aromatic nitrogens is 1. The first-order valence-corrected chi connectivity index (χ1v) is 7.29. The number of nitrogens with zero attached hydrogens (tertiary/aromatic N) is 1. The van der Waals surface area contributed by atoms with Crippen LogP contribution in [0.25, 0.3) is 0 Å². The molecule has 2 rings (SSSR count). The van der Waals surface area contributed by atoms with E-state index in [0.717, 1.165) is 16.4 Å². The van der Waals surface area contributed by atoms with E-state index in [1.807, 2.05) is 19.2 Å². The maximum atomic E-state index is 11.0. The van der Waals surface area contributed by atoms with Crippen molar-refractivity contribution in [1.82, 2.24) is 10.3 Å². The molecule has 1 atom stereocenters. The van der Waals surface area contributed by atoms with Crippen molar-refractivity contribution in [1.29, 1.82) is 0 Å². The molecule has 0 aliphatic heterocycles. The van der Waals surface area contributed by atoms with Crippen molar-refractivity contribution >= 4 is 28.6 Å². The van der Waals surface area contributed by atoms with Crippen molar-refractivity contribution in [3.05, 3.63) is 38.0 Å². The molecule has 0 fully saturated rings. The van der Waals surface area contributed by atoms with E-state index in [0.29, 0.717) is 5.56 Å². The van der Waals surface area contributed by atoms with Crippen LogP contribution in [0.3, 0.4) is 0 Å². The number of carbonyl (C=O) groups is 1. The van der Waals surface area contributed by atoms with Gasteiger partial charge in [-0.15, -0.1) is 22.7 Å². The predicted molar refractivity (Wildman–Crippen MR) is 74.9 cm³/mol. The van der Waals surface area contributed by atoms with Crippen molar-refractivity contribution in [3.8, 4) is 0 Å². The highest BCUT2D eigenvalue weighted by Gasteiger charge is 2.10. The number of carbonyl (C=O) groups excluding carboxylic acids is 1. The molecular formula is C12H15N3OS2. The molecule has 6 heteroatoms. The quantitative estimate of drug-likeness (QED) is 0.884. The molecule has 0 radical (unpaired) electrons. The van der Waals surface area contributed by atoms with Gasteiger partial charge >= 0.3 is 0 Å². The van der Waals surface area contributed by atoms with Crippen LogP contribution in [0.1, 0.15) is 38.1 Å². The summed E-state index contributed by atoms with van der Waals surface area (Å²) in [4.78, 5) is 17.6. The first-order chi connectivity index (χ1) is 8.56. The van der Waals surface area contributed by atoms with Gasteiger partial charge in [-0.25, -0.2) is 4.98 Å². The van der Waals surface area contributed by atoms with E-state index < -0.39 is 0 Å². The maximum absolute atomic E-state index is 11.0. The smallest absolute Gasteiger partial charge is 0.249 e. The first kappa shape index (κ1) is 13.2. The summed E-state index contributed by atoms with van der Waals surface area (Å²) in [5, 5.41) is 6.26. The second kappa shape index (κ2) is 5.60. The molecule has 2 aromatic rings. The van der Waals surface area contributed by atoms with Crippen LogP contribution in [0, 0.1) is 6.92 Å². The molecule has 1 amide bonds. The monoisotopic (exact) mass is 281 g/mol. The lowest BCUT2D eigenvalue weighted by atomic mass is 10.3. The van der Waals surface area contributed by atoms with Crippen molar-refractivity contribution in [2.45, 2.75) is 26.4 Å². The Bertz CT molecular complexity index is 547. The number of thiazole rings is 1. The number of primary amides is 1. The zero-order chi connectivity index (χ0) is 13.1. The molecular weight excluding hydrogens is 266 g/mol. The van der Waals surface area contributed by atoms with Gasteiger partial charge in [0, 0.05) is 27.9 Å². The molecule has 1 unspecified atom stereocenters. The number of nitrogens with one attached hydrogen (secondary N) is 1. The summed E-state index contributed by atoms with van der Waals surface area (Å²) in [5.74, 6) is -0.374. The van der Waals surface area contributed by atoms with Crippen LogP contribution in [0.4, 0.5) is 0 Å². The molecule has 0 aliphatic rings. The molecule has 2 aromatic heterocycles. The number of nitrogens with two attached hydrogens (primary N) is 1. The van der Waals surface area contributed by atoms with E-state index in [4.69, 9.17) is 5.73 Å². The van der Waals surface area contributed by atoms with E-state index >= 15 is 0 Å². The summed E-state index contributed by atoms with van der Waals surface area (Å²) in [5.41, 5.74) is 5.79. The lowest BCUT2D eigenvalue weighted by Crippen LogP contribution is -2.17. The molecule has 18 heavy (non-hydrogen) atoms. The highest BCUT2D eigenvalue weighted by molar-refractivity contribution is 7.11. The molecule has 3 N–H and O–H groups in total. The van der Waals surface area contributed by atoms with Gasteiger partial charge in [0.15, 0.2) is 0 Å². The second-order valence-electron chi connectivity index (χ2n) is 4.08. The van der Waals surface area contributed by atoms with Gasteiger partial charge in [0.1, 0.15) is 5.01 Å². The first-order valence-electron chi connectivity index (χ1n) is 5.59. The van der Waals surface area contributed by atoms with Crippen LogP contribution in [-0.4, -0.2) is 10.9 Å². The van der Waals surface area contributed by atoms with E-state index in [-0.39, 0.29) is 11.9 Å². The van der Waals surface area contributed by atoms with Crippen LogP contribution < -0.4 is 11.1 Å². The lowest BCUT2D eigenvalue weighted by Gasteiger charge is -2.09. The molecule has 4 nitrogen and oxygen atoms in total. The summed E-state index contributed by atoms with van der Waals surface area (Å²) in [6.07, 6.45) is 1.88. The Labute approximate surface area is 114 Å². The minimum atomic E-state index is -0.374. The van der Waals surface area contributed by atoms with Gasteiger partial charge in [-0.3, -0.25) is 4.79 Å². The van der Waals surface area contributed by atoms with Crippen LogP contribution in [-0.2, 0) is 6.54 Å². The van der Waals surface area contributed by atoms with Crippen molar-refractivity contribution in [2.75, 3.05) is 0 Å². The van der Waals surface area contributed by atoms with Crippen LogP contribution in [0.2, 0.25) is 0 Å². The Morgan fingerprint density at radius 3 is 2.94 bits per heavy atom. The molecule has 0 bridgehead atoms. The largest absolute Gasteiger partial charge is 0.366 e. The summed E-state index contributed by atoms with van der Waals surface area (Å²) in [6.45, 7) is 4.85. The van der Waals surface area contributed by atoms with Gasteiger partial charge < -0.3 is 11.1 Å². The van der Waals surface area contributed by atoms with Crippen LogP contribution >= 0.6 is 22.7 Å². The molecule has 2 heterocycles. The summed E-state index contributed by atoms with van der Waals surface area (Å²) >= 11 is 3.24. The molecule has 0 spiro atoms. The fraction of sp³-hybridized carbons (Fsp3) is 0.333. The summed E-state index contributed by atoms with van der Waals surface area (Å²) in [6, 6.07) is 2.04. The van der Waals surface area contributed by atoms with Crippen LogP contribution in [0.15, 0.2) is 17.6 Å². The van der Waals surface area contributed by atoms with E-state index in [1.54, 1.807) is 16.7 Å². The third-order valence-corrected chi connectivity index (χ3v) is 4.56. The highest BCUT2D eigenvalue weighted by atomic mass is 32.1. The van der Waals surface area contributed by atoms with Gasteiger partial charge in [0.25, 0.3) is 0 Å². The normalized spacial score (nSPS) is 12.6. The highest BCUT2D eigenvalue weighted by Crippen LogP contribution is 2.20. The number of hydrogen-bond donors (Lipinski definition) is 2. The van der Waals surface area contributed by atoms with Crippen molar-refractivity contribution in [3.63, 3.8) is 0 Å². The molecule has 96 valence electrons. The SMILES string of the molecule is Cc1cnc(C(C)NCc2cc(C(N)=O)cs2)s1. The molecule has 0 aliphatic carbocycles. The molecule has 0 aromatic carbocycles. The third kappa shape index (κ3) is 3.16. The number of rotatable bonds is 5. The Kier molecular flexibility index (Phi) is 4.11. The fourth-order valence-electron chi connectivity index (χ4n) is 1.52. The minimum absolute atomic E-state index is 0.211. The Morgan fingerprint density at radius 1 is 1.61 bits per heavy atom. The Morgan fingerprint density at radius 2 is 2.39 bits per heavy atom. The minimum Gasteiger partial charge on any atom is -0.366 e. The lowest BCUT2D eigenvalue weighted by molar-refractivity contribution is 0.100. The standard InChI is InChI=1S/C12H15N3OS2/c1-7-4-15-12(18-7)8(2)14-5-10-3-9(6-17-10)11(13)16/h3-4,6,8,14H,5H2,1-2H3,(H2,13,16). The average molecular weight is 281 g/mol. The number of aryl methyl sites for hydroxylation is 1. The third-order valence-electron chi connectivity index (χ3n) is 2.53. The maximum Gasteiger partial charge on any atom is 0.249 e. The van der Waals surface area contributed by atoms with Gasteiger partial charge in [0.2, 0.25) is 5.91 Å². The van der Waals surface area contributed by atoms with E-state index in [9.17, 15) is 4.79 Å². The predicted octanol–water partition coefficient (Wildman–Crippen LogP) is 2.46. The topological polar surface area (TPSA) is 68.0 Å². The van der Waals surface area contributed by atoms with Crippen molar-refractivity contribution in [2.24, 2.45) is 5.73 Å². The zero-order valence-corrected chi connectivity index (χ0v) is 11.9. The Balaban J connectivity index is 1.92. The molecule has 0 saturated heterocycles. The Hall–Kier alpha value is -1.24. The average Bonchev–Trinajstić information content (AvgIpc) is 2.94. The summed E-state index contributed by atoms with van der Waals surface area (Å²) in [7, 11) is 0. The zero-order valence-electron chi connectivity index (χ0n) is 10.3. The van der Waals surface area contributed by atoms with E-state index in [2.05, 4.69) is 17.2 Å². The fourth-order valence-corrected chi connectivity index (χ4v) is 3.14. The van der Waals surface area contributed by atoms with Gasteiger partial charge in [-0.2, -0.15) is 0 Å². The van der Waals surface area contributed by atoms with Crippen molar-refractivity contribution < 1.29 is 4.79 Å².